The van der Waals surface area contributed by atoms with Crippen LogP contribution in [0, 0.1) is 0 Å². The van der Waals surface area contributed by atoms with Gasteiger partial charge < -0.3 is 19.8 Å². The Kier molecular flexibility index (Phi) is 3.80. The number of nitrogens with two attached hydrogens (primary N) is 1. The molecule has 0 unspecified atom stereocenters. The summed E-state index contributed by atoms with van der Waals surface area (Å²) in [6.45, 7) is 1.35. The molecule has 150 valence electrons. The van der Waals surface area contributed by atoms with Crippen LogP contribution >= 0.6 is 23.2 Å². The minimum Gasteiger partial charge on any atom is -0.421 e. The quantitative estimate of drug-likeness (QED) is 0.565. The Morgan fingerprint density at radius 2 is 1.71 bits per heavy atom. The van der Waals surface area contributed by atoms with Crippen LogP contribution in [0.4, 0.5) is 5.69 Å². The zero-order chi connectivity index (χ0) is 25.9. The molecule has 28 heavy (non-hydrogen) atoms. The SMILES string of the molecule is [2H]C([2H])([2H])C(c1nc(Oc2c(Cl)cc(N)cc2Cl)ncc1B1OC(C)(C)C(C)(C)O1)C([2H])([2H])[2H]. The van der Waals surface area contributed by atoms with E-state index in [2.05, 4.69) is 9.97 Å². The van der Waals surface area contributed by atoms with E-state index in [1.165, 1.54) is 18.3 Å². The van der Waals surface area contributed by atoms with Gasteiger partial charge in [0.05, 0.1) is 21.2 Å². The second-order valence-electron chi connectivity index (χ2n) is 7.43. The fraction of sp³-hybridized carbons (Fsp3) is 0.474. The van der Waals surface area contributed by atoms with Gasteiger partial charge in [0.2, 0.25) is 0 Å². The number of hydrogen-bond acceptors (Lipinski definition) is 6. The third-order valence-electron chi connectivity index (χ3n) is 4.82. The Balaban J connectivity index is 2.16. The van der Waals surface area contributed by atoms with Crippen LogP contribution in [-0.4, -0.2) is 28.3 Å². The van der Waals surface area contributed by atoms with E-state index in [0.717, 1.165) is 0 Å². The van der Waals surface area contributed by atoms with Gasteiger partial charge >= 0.3 is 13.1 Å². The van der Waals surface area contributed by atoms with Crippen LogP contribution in [0.5, 0.6) is 11.8 Å². The molecule has 0 bridgehead atoms. The van der Waals surface area contributed by atoms with Gasteiger partial charge in [-0.2, -0.15) is 4.98 Å². The number of anilines is 1. The average molecular weight is 430 g/mol. The maximum absolute atomic E-state index is 7.92. The van der Waals surface area contributed by atoms with Crippen LogP contribution in [0.2, 0.25) is 10.0 Å². The molecule has 1 aromatic carbocycles. The predicted molar refractivity (Wildman–Crippen MR) is 113 cm³/mol. The molecule has 0 amide bonds. The standard InChI is InChI=1S/C19H24BCl2N3O3/c1-10(2)15-12(20-27-18(3,4)19(5,6)28-20)9-24-17(25-15)26-16-13(21)7-11(23)8-14(16)22/h7-10H,23H2,1-6H3/i1D3,2D3. The second-order valence-corrected chi connectivity index (χ2v) is 8.24. The Hall–Kier alpha value is -1.54. The number of rotatable bonds is 4. The highest BCUT2D eigenvalue weighted by atomic mass is 35.5. The van der Waals surface area contributed by atoms with E-state index in [1.807, 2.05) is 0 Å². The van der Waals surface area contributed by atoms with Crippen molar-refractivity contribution in [1.82, 2.24) is 9.97 Å². The first-order valence-electron chi connectivity index (χ1n) is 11.5. The van der Waals surface area contributed by atoms with Crippen molar-refractivity contribution in [3.63, 3.8) is 0 Å². The molecule has 6 nitrogen and oxygen atoms in total. The Bertz CT molecular complexity index is 1040. The summed E-state index contributed by atoms with van der Waals surface area (Å²) in [5.41, 5.74) is 4.21. The lowest BCUT2D eigenvalue weighted by molar-refractivity contribution is 0.00578. The molecule has 1 aliphatic heterocycles. The van der Waals surface area contributed by atoms with E-state index >= 15 is 0 Å². The van der Waals surface area contributed by atoms with E-state index in [-0.39, 0.29) is 33.0 Å². The fourth-order valence-electron chi connectivity index (χ4n) is 2.59. The molecule has 3 rings (SSSR count). The van der Waals surface area contributed by atoms with E-state index in [9.17, 15) is 0 Å². The van der Waals surface area contributed by atoms with Gasteiger partial charge in [0.1, 0.15) is 0 Å². The Morgan fingerprint density at radius 3 is 2.25 bits per heavy atom. The summed E-state index contributed by atoms with van der Waals surface area (Å²) >= 11 is 12.3. The summed E-state index contributed by atoms with van der Waals surface area (Å²) in [5, 5.41) is 0.127. The Morgan fingerprint density at radius 1 is 1.14 bits per heavy atom. The highest BCUT2D eigenvalue weighted by Gasteiger charge is 2.52. The van der Waals surface area contributed by atoms with Gasteiger partial charge in [0, 0.05) is 31.3 Å². The smallest absolute Gasteiger partial charge is 0.421 e. The number of hydrogen-bond donors (Lipinski definition) is 1. The summed E-state index contributed by atoms with van der Waals surface area (Å²) in [7, 11) is -1.11. The highest BCUT2D eigenvalue weighted by Crippen LogP contribution is 2.38. The van der Waals surface area contributed by atoms with Crippen molar-refractivity contribution in [2.24, 2.45) is 0 Å². The minimum atomic E-state index is -2.94. The predicted octanol–water partition coefficient (Wildman–Crippen LogP) is 4.58. The molecule has 0 aliphatic carbocycles. The van der Waals surface area contributed by atoms with E-state index in [4.69, 9.17) is 51.2 Å². The maximum atomic E-state index is 7.92. The lowest BCUT2D eigenvalue weighted by atomic mass is 9.77. The van der Waals surface area contributed by atoms with E-state index in [1.54, 1.807) is 27.7 Å². The van der Waals surface area contributed by atoms with Crippen molar-refractivity contribution in [1.29, 1.82) is 0 Å². The molecule has 0 atom stereocenters. The molecule has 2 aromatic rings. The van der Waals surface area contributed by atoms with Gasteiger partial charge in [0.25, 0.3) is 0 Å². The van der Waals surface area contributed by atoms with Gasteiger partial charge in [-0.3, -0.25) is 0 Å². The monoisotopic (exact) mass is 429 g/mol. The van der Waals surface area contributed by atoms with Crippen molar-refractivity contribution < 1.29 is 22.3 Å². The Labute approximate surface area is 184 Å². The molecule has 0 radical (unpaired) electrons. The zero-order valence-corrected chi connectivity index (χ0v) is 17.4. The zero-order valence-electron chi connectivity index (χ0n) is 21.8. The summed E-state index contributed by atoms with van der Waals surface area (Å²) in [5.74, 6) is -2.00. The van der Waals surface area contributed by atoms with Gasteiger partial charge in [-0.05, 0) is 45.7 Å². The van der Waals surface area contributed by atoms with Crippen molar-refractivity contribution in [2.45, 2.75) is 58.5 Å². The second kappa shape index (κ2) is 7.37. The van der Waals surface area contributed by atoms with Gasteiger partial charge in [0.15, 0.2) is 5.75 Å². The summed E-state index contributed by atoms with van der Waals surface area (Å²) in [6.07, 6.45) is 1.23. The van der Waals surface area contributed by atoms with Gasteiger partial charge in [-0.15, -0.1) is 0 Å². The normalized spacial score (nSPS) is 22.0. The van der Waals surface area contributed by atoms with Crippen molar-refractivity contribution in [2.75, 3.05) is 5.73 Å². The molecule has 0 spiro atoms. The van der Waals surface area contributed by atoms with E-state index < -0.39 is 37.9 Å². The molecule has 1 aromatic heterocycles. The molecule has 2 N–H and O–H groups in total. The molecule has 2 heterocycles. The number of halogens is 2. The van der Waals surface area contributed by atoms with Crippen molar-refractivity contribution >= 4 is 41.5 Å². The number of ether oxygens (including phenoxy) is 1. The number of benzene rings is 1. The molecule has 9 heteroatoms. The fourth-order valence-corrected chi connectivity index (χ4v) is 3.17. The number of nitrogen functional groups attached to an aromatic ring is 1. The third kappa shape index (κ3) is 3.94. The molecule has 1 saturated heterocycles. The molecular formula is C19H24BCl2N3O3. The first-order valence-corrected chi connectivity index (χ1v) is 9.24. The topological polar surface area (TPSA) is 79.5 Å². The van der Waals surface area contributed by atoms with Crippen LogP contribution < -0.4 is 15.9 Å². The van der Waals surface area contributed by atoms with Crippen molar-refractivity contribution in [3.05, 3.63) is 34.1 Å². The highest BCUT2D eigenvalue weighted by molar-refractivity contribution is 6.62. The number of nitrogens with zero attached hydrogens (tertiary/aromatic N) is 2. The maximum Gasteiger partial charge on any atom is 0.498 e. The minimum absolute atomic E-state index is 0.0221. The first kappa shape index (κ1) is 14.4. The first-order chi connectivity index (χ1) is 15.3. The van der Waals surface area contributed by atoms with Gasteiger partial charge in [-0.25, -0.2) is 4.98 Å². The molecule has 0 saturated carbocycles. The van der Waals surface area contributed by atoms with Crippen LogP contribution in [0.3, 0.4) is 0 Å². The number of aromatic nitrogens is 2. The van der Waals surface area contributed by atoms with Gasteiger partial charge in [-0.1, -0.05) is 36.9 Å². The van der Waals surface area contributed by atoms with Crippen LogP contribution in [-0.2, 0) is 9.31 Å². The van der Waals surface area contributed by atoms with Crippen LogP contribution in [0.15, 0.2) is 18.3 Å². The summed E-state index contributed by atoms with van der Waals surface area (Å²) < 4.78 is 65.2. The average Bonchev–Trinajstić information content (AvgIpc) is 2.83. The van der Waals surface area contributed by atoms with Crippen LogP contribution in [0.25, 0.3) is 0 Å². The lowest BCUT2D eigenvalue weighted by Crippen LogP contribution is -2.41. The summed E-state index contributed by atoms with van der Waals surface area (Å²) in [4.78, 5) is 8.30. The van der Waals surface area contributed by atoms with Crippen molar-refractivity contribution in [3.8, 4) is 11.8 Å². The third-order valence-corrected chi connectivity index (χ3v) is 5.38. The lowest BCUT2D eigenvalue weighted by Gasteiger charge is -2.32. The largest absolute Gasteiger partial charge is 0.498 e. The molecule has 1 fully saturated rings. The van der Waals surface area contributed by atoms with Crippen LogP contribution in [0.1, 0.15) is 61.2 Å². The summed E-state index contributed by atoms with van der Waals surface area (Å²) in [6, 6.07) is 2.44. The van der Waals surface area contributed by atoms with E-state index in [0.29, 0.717) is 5.69 Å². The molecule has 1 aliphatic rings. The molecular weight excluding hydrogens is 400 g/mol.